The molecule has 90 valence electrons. The fraction of sp³-hybridized carbons (Fsp3) is 0.625. The minimum atomic E-state index is -3.44. The maximum absolute atomic E-state index is 12.1. The molecule has 8 heteroatoms. The quantitative estimate of drug-likeness (QED) is 0.836. The van der Waals surface area contributed by atoms with E-state index in [1.165, 1.54) is 10.5 Å². The van der Waals surface area contributed by atoms with Gasteiger partial charge in [-0.15, -0.1) is 0 Å². The zero-order chi connectivity index (χ0) is 11.8. The van der Waals surface area contributed by atoms with Gasteiger partial charge in [0.15, 0.2) is 8.68 Å². The smallest absolute Gasteiger partial charge is 0.254 e. The summed E-state index contributed by atoms with van der Waals surface area (Å²) in [5, 5.41) is 0. The van der Waals surface area contributed by atoms with Gasteiger partial charge in [0.1, 0.15) is 0 Å². The molecule has 1 aliphatic rings. The van der Waals surface area contributed by atoms with Crippen molar-refractivity contribution in [2.45, 2.75) is 16.7 Å². The van der Waals surface area contributed by atoms with Crippen molar-refractivity contribution in [3.63, 3.8) is 0 Å². The highest BCUT2D eigenvalue weighted by Gasteiger charge is 2.33. The Morgan fingerprint density at radius 1 is 1.69 bits per heavy atom. The summed E-state index contributed by atoms with van der Waals surface area (Å²) in [6.45, 7) is 0.880. The van der Waals surface area contributed by atoms with Gasteiger partial charge in [-0.3, -0.25) is 0 Å². The molecule has 16 heavy (non-hydrogen) atoms. The molecule has 0 radical (unpaired) electrons. The summed E-state index contributed by atoms with van der Waals surface area (Å²) in [7, 11) is -1.85. The Kier molecular flexibility index (Phi) is 3.50. The standard InChI is InChI=1S/C8H11ClN2O3S2/c1-14-6-2-3-11(5-6)16(12,13)7-4-10-8(9)15-7/h4,6H,2-3,5H2,1H3. The van der Waals surface area contributed by atoms with Crippen molar-refractivity contribution >= 4 is 33.0 Å². The van der Waals surface area contributed by atoms with Gasteiger partial charge in [0.05, 0.1) is 12.3 Å². The monoisotopic (exact) mass is 282 g/mol. The summed E-state index contributed by atoms with van der Waals surface area (Å²) in [6.07, 6.45) is 2.00. The molecule has 0 N–H and O–H groups in total. The summed E-state index contributed by atoms with van der Waals surface area (Å²) in [5.41, 5.74) is 0. The minimum absolute atomic E-state index is 0.0156. The topological polar surface area (TPSA) is 59.5 Å². The molecule has 1 fully saturated rings. The average Bonchev–Trinajstić information content (AvgIpc) is 2.85. The molecular formula is C8H11ClN2O3S2. The van der Waals surface area contributed by atoms with Crippen molar-refractivity contribution in [3.8, 4) is 0 Å². The number of hydrogen-bond donors (Lipinski definition) is 0. The molecule has 2 rings (SSSR count). The Balaban J connectivity index is 2.21. The predicted octanol–water partition coefficient (Wildman–Crippen LogP) is 1.21. The number of halogens is 1. The van der Waals surface area contributed by atoms with Gasteiger partial charge in [0.25, 0.3) is 10.0 Å². The van der Waals surface area contributed by atoms with Crippen LogP contribution in [0.1, 0.15) is 6.42 Å². The molecule has 5 nitrogen and oxygen atoms in total. The van der Waals surface area contributed by atoms with Crippen LogP contribution >= 0.6 is 22.9 Å². The Labute approximate surface area is 103 Å². The van der Waals surface area contributed by atoms with E-state index in [2.05, 4.69) is 4.98 Å². The first kappa shape index (κ1) is 12.3. The van der Waals surface area contributed by atoms with Crippen molar-refractivity contribution in [2.75, 3.05) is 20.2 Å². The zero-order valence-electron chi connectivity index (χ0n) is 8.59. The van der Waals surface area contributed by atoms with Crippen LogP contribution < -0.4 is 0 Å². The highest BCUT2D eigenvalue weighted by Crippen LogP contribution is 2.28. The summed E-state index contributed by atoms with van der Waals surface area (Å²) in [6, 6.07) is 0. The lowest BCUT2D eigenvalue weighted by Crippen LogP contribution is -2.29. The number of ether oxygens (including phenoxy) is 1. The third-order valence-corrected chi connectivity index (χ3v) is 5.91. The number of thiazole rings is 1. The molecule has 1 aromatic rings. The van der Waals surface area contributed by atoms with E-state index in [9.17, 15) is 8.42 Å². The van der Waals surface area contributed by atoms with E-state index in [1.807, 2.05) is 0 Å². The van der Waals surface area contributed by atoms with Crippen molar-refractivity contribution in [1.82, 2.24) is 9.29 Å². The summed E-state index contributed by atoms with van der Waals surface area (Å²) < 4.78 is 31.1. The molecule has 0 amide bonds. The van der Waals surface area contributed by atoms with E-state index < -0.39 is 10.0 Å². The van der Waals surface area contributed by atoms with Gasteiger partial charge in [-0.1, -0.05) is 22.9 Å². The van der Waals surface area contributed by atoms with Gasteiger partial charge in [0.2, 0.25) is 0 Å². The van der Waals surface area contributed by atoms with Crippen LogP contribution in [0.5, 0.6) is 0 Å². The fourth-order valence-corrected chi connectivity index (χ4v) is 4.53. The molecule has 2 heterocycles. The second-order valence-electron chi connectivity index (χ2n) is 3.44. The zero-order valence-corrected chi connectivity index (χ0v) is 11.0. The van der Waals surface area contributed by atoms with Crippen LogP contribution in [0.3, 0.4) is 0 Å². The van der Waals surface area contributed by atoms with Crippen molar-refractivity contribution in [3.05, 3.63) is 10.7 Å². The number of rotatable bonds is 3. The Bertz CT molecular complexity index is 473. The molecule has 1 aromatic heterocycles. The lowest BCUT2D eigenvalue weighted by atomic mass is 10.3. The number of sulfonamides is 1. The van der Waals surface area contributed by atoms with Gasteiger partial charge in [0, 0.05) is 20.2 Å². The van der Waals surface area contributed by atoms with E-state index in [1.54, 1.807) is 7.11 Å². The molecule has 0 spiro atoms. The highest BCUT2D eigenvalue weighted by atomic mass is 35.5. The third kappa shape index (κ3) is 2.23. The Morgan fingerprint density at radius 2 is 2.44 bits per heavy atom. The highest BCUT2D eigenvalue weighted by molar-refractivity contribution is 7.91. The Hall–Kier alpha value is -0.210. The van der Waals surface area contributed by atoms with Crippen LogP contribution in [-0.2, 0) is 14.8 Å². The first-order chi connectivity index (χ1) is 7.54. The SMILES string of the molecule is COC1CCN(S(=O)(=O)c2cnc(Cl)s2)C1. The minimum Gasteiger partial charge on any atom is -0.380 e. The molecule has 0 bridgehead atoms. The third-order valence-electron chi connectivity index (χ3n) is 2.49. The number of hydrogen-bond acceptors (Lipinski definition) is 5. The largest absolute Gasteiger partial charge is 0.380 e. The summed E-state index contributed by atoms with van der Waals surface area (Å²) in [5.74, 6) is 0. The van der Waals surface area contributed by atoms with E-state index in [4.69, 9.17) is 16.3 Å². The predicted molar refractivity (Wildman–Crippen MR) is 61.3 cm³/mol. The molecule has 1 saturated heterocycles. The van der Waals surface area contributed by atoms with Crippen LogP contribution in [0.2, 0.25) is 4.47 Å². The Morgan fingerprint density at radius 3 is 2.94 bits per heavy atom. The number of aromatic nitrogens is 1. The van der Waals surface area contributed by atoms with Crippen LogP contribution in [0, 0.1) is 0 Å². The van der Waals surface area contributed by atoms with Crippen LogP contribution in [0.4, 0.5) is 0 Å². The number of methoxy groups -OCH3 is 1. The lowest BCUT2D eigenvalue weighted by Gasteiger charge is -2.14. The molecule has 0 saturated carbocycles. The van der Waals surface area contributed by atoms with E-state index in [-0.39, 0.29) is 14.8 Å². The van der Waals surface area contributed by atoms with Crippen molar-refractivity contribution < 1.29 is 13.2 Å². The first-order valence-electron chi connectivity index (χ1n) is 4.68. The van der Waals surface area contributed by atoms with Crippen molar-refractivity contribution in [2.24, 2.45) is 0 Å². The van der Waals surface area contributed by atoms with Crippen LogP contribution in [0.25, 0.3) is 0 Å². The normalized spacial score (nSPS) is 22.8. The fourth-order valence-electron chi connectivity index (χ4n) is 1.59. The van der Waals surface area contributed by atoms with E-state index >= 15 is 0 Å². The van der Waals surface area contributed by atoms with Gasteiger partial charge in [-0.25, -0.2) is 13.4 Å². The van der Waals surface area contributed by atoms with E-state index in [0.717, 1.165) is 17.8 Å². The van der Waals surface area contributed by atoms with Crippen LogP contribution in [0.15, 0.2) is 10.4 Å². The molecule has 1 unspecified atom stereocenters. The second-order valence-corrected chi connectivity index (χ2v) is 7.22. The lowest BCUT2D eigenvalue weighted by molar-refractivity contribution is 0.115. The summed E-state index contributed by atoms with van der Waals surface area (Å²) in [4.78, 5) is 3.74. The van der Waals surface area contributed by atoms with Gasteiger partial charge < -0.3 is 4.74 Å². The molecule has 1 aliphatic heterocycles. The van der Waals surface area contributed by atoms with Crippen molar-refractivity contribution in [1.29, 1.82) is 0 Å². The van der Waals surface area contributed by atoms with Crippen LogP contribution in [-0.4, -0.2) is 44.0 Å². The maximum atomic E-state index is 12.1. The van der Waals surface area contributed by atoms with Gasteiger partial charge in [-0.2, -0.15) is 4.31 Å². The first-order valence-corrected chi connectivity index (χ1v) is 7.32. The molecular weight excluding hydrogens is 272 g/mol. The van der Waals surface area contributed by atoms with E-state index in [0.29, 0.717) is 13.1 Å². The van der Waals surface area contributed by atoms with Gasteiger partial charge in [-0.05, 0) is 6.42 Å². The molecule has 0 aliphatic carbocycles. The second kappa shape index (κ2) is 4.58. The number of nitrogens with zero attached hydrogens (tertiary/aromatic N) is 2. The molecule has 0 aromatic carbocycles. The summed E-state index contributed by atoms with van der Waals surface area (Å²) >= 11 is 6.60. The molecule has 1 atom stereocenters. The average molecular weight is 283 g/mol. The van der Waals surface area contributed by atoms with Gasteiger partial charge >= 0.3 is 0 Å². The maximum Gasteiger partial charge on any atom is 0.254 e.